The molecule has 0 N–H and O–H groups in total. The van der Waals surface area contributed by atoms with Gasteiger partial charge >= 0.3 is 0 Å². The van der Waals surface area contributed by atoms with Crippen molar-refractivity contribution in [2.24, 2.45) is 0 Å². The van der Waals surface area contributed by atoms with Crippen molar-refractivity contribution in [3.8, 4) is 11.5 Å². The largest absolute Gasteiger partial charge is 0.456 e. The number of benzene rings is 2. The zero-order valence-corrected chi connectivity index (χ0v) is 13.1. The molecule has 0 unspecified atom stereocenters. The second-order valence-electron chi connectivity index (χ2n) is 3.25. The zero-order valence-electron chi connectivity index (χ0n) is 8.38. The Hall–Kier alpha value is -0.390. The highest BCUT2D eigenvalue weighted by Crippen LogP contribution is 2.32. The summed E-state index contributed by atoms with van der Waals surface area (Å²) in [6.45, 7) is 0. The van der Waals surface area contributed by atoms with Crippen LogP contribution in [0.4, 0.5) is 4.39 Å². The van der Waals surface area contributed by atoms with E-state index in [0.717, 1.165) is 8.95 Å². The van der Waals surface area contributed by atoms with Crippen LogP contribution >= 0.6 is 47.8 Å². The smallest absolute Gasteiger partial charge is 0.141 e. The second kappa shape index (κ2) is 5.50. The predicted molar refractivity (Wildman–Crippen MR) is 76.0 cm³/mol. The summed E-state index contributed by atoms with van der Waals surface area (Å²) >= 11 is 9.82. The Bertz CT molecular complexity index is 557. The van der Waals surface area contributed by atoms with Crippen LogP contribution < -0.4 is 4.74 Å². The van der Waals surface area contributed by atoms with Crippen molar-refractivity contribution in [2.45, 2.75) is 0 Å². The van der Waals surface area contributed by atoms with Gasteiger partial charge in [-0.2, -0.15) is 0 Å². The highest BCUT2D eigenvalue weighted by Gasteiger charge is 2.06. The molecule has 88 valence electrons. The molecule has 0 amide bonds. The van der Waals surface area contributed by atoms with Crippen LogP contribution in [-0.4, -0.2) is 0 Å². The van der Waals surface area contributed by atoms with Crippen LogP contribution in [0, 0.1) is 5.82 Å². The summed E-state index contributed by atoms with van der Waals surface area (Å²) < 4.78 is 21.0. The summed E-state index contributed by atoms with van der Waals surface area (Å²) in [5, 5.41) is 0. The van der Waals surface area contributed by atoms with E-state index in [-0.39, 0.29) is 5.82 Å². The van der Waals surface area contributed by atoms with E-state index in [2.05, 4.69) is 47.8 Å². The van der Waals surface area contributed by atoms with Crippen LogP contribution in [0.15, 0.2) is 49.8 Å². The van der Waals surface area contributed by atoms with Gasteiger partial charge in [0.2, 0.25) is 0 Å². The Morgan fingerprint density at radius 3 is 2.29 bits per heavy atom. The van der Waals surface area contributed by atoms with Crippen LogP contribution in [-0.2, 0) is 0 Å². The van der Waals surface area contributed by atoms with E-state index in [1.54, 1.807) is 18.2 Å². The van der Waals surface area contributed by atoms with Crippen LogP contribution in [0.25, 0.3) is 0 Å². The molecule has 0 atom stereocenters. The molecule has 2 aromatic carbocycles. The maximum atomic E-state index is 13.3. The Balaban J connectivity index is 2.28. The van der Waals surface area contributed by atoms with Gasteiger partial charge in [0.1, 0.15) is 17.3 Å². The van der Waals surface area contributed by atoms with Gasteiger partial charge in [0, 0.05) is 10.5 Å². The fraction of sp³-hybridized carbons (Fsp3) is 0. The summed E-state index contributed by atoms with van der Waals surface area (Å²) in [5.41, 5.74) is 0. The zero-order chi connectivity index (χ0) is 12.4. The van der Waals surface area contributed by atoms with Crippen LogP contribution in [0.2, 0.25) is 0 Å². The van der Waals surface area contributed by atoms with Crippen LogP contribution in [0.3, 0.4) is 0 Å². The molecular formula is C12H6Br3FO. The minimum atomic E-state index is -0.351. The highest BCUT2D eigenvalue weighted by molar-refractivity contribution is 9.11. The van der Waals surface area contributed by atoms with E-state index in [1.807, 2.05) is 12.1 Å². The van der Waals surface area contributed by atoms with Crippen molar-refractivity contribution >= 4 is 47.8 Å². The number of hydrogen-bond acceptors (Lipinski definition) is 1. The van der Waals surface area contributed by atoms with Crippen molar-refractivity contribution < 1.29 is 9.13 Å². The van der Waals surface area contributed by atoms with Gasteiger partial charge in [-0.05, 0) is 62.2 Å². The molecule has 2 aromatic rings. The Kier molecular flexibility index (Phi) is 4.22. The van der Waals surface area contributed by atoms with Gasteiger partial charge in [-0.1, -0.05) is 15.9 Å². The third-order valence-electron chi connectivity index (χ3n) is 2.01. The van der Waals surface area contributed by atoms with E-state index < -0.39 is 0 Å². The van der Waals surface area contributed by atoms with Gasteiger partial charge in [-0.3, -0.25) is 0 Å². The minimum Gasteiger partial charge on any atom is -0.456 e. The van der Waals surface area contributed by atoms with Gasteiger partial charge in [-0.25, -0.2) is 4.39 Å². The summed E-state index contributed by atoms with van der Waals surface area (Å²) in [6, 6.07) is 10.2. The molecule has 0 aliphatic heterocycles. The predicted octanol–water partition coefficient (Wildman–Crippen LogP) is 5.91. The molecule has 5 heteroatoms. The highest BCUT2D eigenvalue weighted by atomic mass is 79.9. The molecule has 0 aromatic heterocycles. The van der Waals surface area contributed by atoms with E-state index in [4.69, 9.17) is 4.74 Å². The van der Waals surface area contributed by atoms with Gasteiger partial charge in [0.25, 0.3) is 0 Å². The molecular weight excluding hydrogens is 419 g/mol. The quantitative estimate of drug-likeness (QED) is 0.582. The topological polar surface area (TPSA) is 9.23 Å². The van der Waals surface area contributed by atoms with Crippen LogP contribution in [0.1, 0.15) is 0 Å². The molecule has 17 heavy (non-hydrogen) atoms. The first-order valence-corrected chi connectivity index (χ1v) is 7.02. The van der Waals surface area contributed by atoms with E-state index in [1.165, 1.54) is 6.07 Å². The summed E-state index contributed by atoms with van der Waals surface area (Å²) in [4.78, 5) is 0. The molecule has 1 nitrogen and oxygen atoms in total. The summed E-state index contributed by atoms with van der Waals surface area (Å²) in [6.07, 6.45) is 0. The van der Waals surface area contributed by atoms with Gasteiger partial charge in [-0.15, -0.1) is 0 Å². The average molecular weight is 425 g/mol. The first kappa shape index (κ1) is 13.1. The normalized spacial score (nSPS) is 10.4. The first-order chi connectivity index (χ1) is 8.06. The van der Waals surface area contributed by atoms with Gasteiger partial charge < -0.3 is 4.74 Å². The Morgan fingerprint density at radius 2 is 1.65 bits per heavy atom. The number of ether oxygens (including phenoxy) is 1. The molecule has 0 spiro atoms. The van der Waals surface area contributed by atoms with Gasteiger partial charge in [0.05, 0.1) is 8.95 Å². The summed E-state index contributed by atoms with van der Waals surface area (Å²) in [7, 11) is 0. The molecule has 0 radical (unpaired) electrons. The van der Waals surface area contributed by atoms with Crippen molar-refractivity contribution in [1.82, 2.24) is 0 Å². The van der Waals surface area contributed by atoms with Crippen molar-refractivity contribution in [1.29, 1.82) is 0 Å². The minimum absolute atomic E-state index is 0.351. The molecule has 2 rings (SSSR count). The molecule has 0 aliphatic rings. The second-order valence-corrected chi connectivity index (χ2v) is 5.88. The lowest BCUT2D eigenvalue weighted by atomic mass is 10.3. The molecule has 0 saturated carbocycles. The molecule has 0 saturated heterocycles. The lowest BCUT2D eigenvalue weighted by molar-refractivity contribution is 0.473. The number of halogens is 4. The SMILES string of the molecule is Fc1cc(Oc2ccc(Br)cc2Br)ccc1Br. The molecule has 0 aliphatic carbocycles. The third-order valence-corrected chi connectivity index (χ3v) is 3.77. The lowest BCUT2D eigenvalue weighted by Gasteiger charge is -2.08. The Labute approximate surface area is 123 Å². The van der Waals surface area contributed by atoms with E-state index in [9.17, 15) is 4.39 Å². The van der Waals surface area contributed by atoms with Crippen LogP contribution in [0.5, 0.6) is 11.5 Å². The van der Waals surface area contributed by atoms with Crippen molar-refractivity contribution in [3.05, 3.63) is 55.6 Å². The standard InChI is InChI=1S/C12H6Br3FO/c13-7-1-4-12(10(15)5-7)17-8-2-3-9(14)11(16)6-8/h1-6H. The maximum absolute atomic E-state index is 13.3. The summed E-state index contributed by atoms with van der Waals surface area (Å²) in [5.74, 6) is 0.736. The maximum Gasteiger partial charge on any atom is 0.141 e. The molecule has 0 heterocycles. The fourth-order valence-corrected chi connectivity index (χ4v) is 2.60. The van der Waals surface area contributed by atoms with Crippen molar-refractivity contribution in [3.63, 3.8) is 0 Å². The molecule has 0 bridgehead atoms. The van der Waals surface area contributed by atoms with Gasteiger partial charge in [0.15, 0.2) is 0 Å². The lowest BCUT2D eigenvalue weighted by Crippen LogP contribution is -1.87. The third kappa shape index (κ3) is 3.30. The van der Waals surface area contributed by atoms with E-state index in [0.29, 0.717) is 16.0 Å². The number of rotatable bonds is 2. The van der Waals surface area contributed by atoms with Crippen molar-refractivity contribution in [2.75, 3.05) is 0 Å². The van der Waals surface area contributed by atoms with E-state index >= 15 is 0 Å². The average Bonchev–Trinajstić information content (AvgIpc) is 2.27. The molecule has 0 fully saturated rings. The fourth-order valence-electron chi connectivity index (χ4n) is 1.23. The Morgan fingerprint density at radius 1 is 0.882 bits per heavy atom. The first-order valence-electron chi connectivity index (χ1n) is 4.64. The number of hydrogen-bond donors (Lipinski definition) is 0. The monoisotopic (exact) mass is 422 g/mol.